The van der Waals surface area contributed by atoms with Gasteiger partial charge in [0.2, 0.25) is 0 Å². The number of ketones is 1. The molecule has 0 aliphatic carbocycles. The number of nitrogens with one attached hydrogen (secondary N) is 1. The molecule has 1 aliphatic heterocycles. The number of hydrogen-bond donors (Lipinski definition) is 1. The SMILES string of the molecule is CC1CCC(=O)C=CN1. The van der Waals surface area contributed by atoms with Crippen LogP contribution in [0.1, 0.15) is 19.8 Å². The predicted molar refractivity (Wildman–Crippen MR) is 36.0 cm³/mol. The van der Waals surface area contributed by atoms with Gasteiger partial charge in [-0.3, -0.25) is 4.79 Å². The van der Waals surface area contributed by atoms with Gasteiger partial charge in [-0.1, -0.05) is 0 Å². The highest BCUT2D eigenvalue weighted by atomic mass is 16.1. The van der Waals surface area contributed by atoms with Crippen molar-refractivity contribution in [2.45, 2.75) is 25.8 Å². The van der Waals surface area contributed by atoms with Crippen LogP contribution in [-0.4, -0.2) is 11.8 Å². The number of carbonyl (C=O) groups excluding carboxylic acids is 1. The molecule has 0 aromatic carbocycles. The van der Waals surface area contributed by atoms with Crippen molar-refractivity contribution < 1.29 is 4.79 Å². The summed E-state index contributed by atoms with van der Waals surface area (Å²) in [5.74, 6) is 0.229. The van der Waals surface area contributed by atoms with Crippen molar-refractivity contribution in [2.75, 3.05) is 0 Å². The summed E-state index contributed by atoms with van der Waals surface area (Å²) < 4.78 is 0. The zero-order valence-corrected chi connectivity index (χ0v) is 5.55. The Morgan fingerprint density at radius 1 is 1.78 bits per heavy atom. The van der Waals surface area contributed by atoms with E-state index in [-0.39, 0.29) is 5.78 Å². The lowest BCUT2D eigenvalue weighted by Crippen LogP contribution is -2.18. The summed E-state index contributed by atoms with van der Waals surface area (Å²) in [7, 11) is 0. The molecule has 1 N–H and O–H groups in total. The van der Waals surface area contributed by atoms with Crippen LogP contribution < -0.4 is 5.32 Å². The lowest BCUT2D eigenvalue weighted by molar-refractivity contribution is -0.114. The number of allylic oxidation sites excluding steroid dienone is 1. The Bertz CT molecular complexity index is 140. The zero-order valence-electron chi connectivity index (χ0n) is 5.55. The van der Waals surface area contributed by atoms with Crippen LogP contribution in [0.5, 0.6) is 0 Å². The van der Waals surface area contributed by atoms with Crippen molar-refractivity contribution in [1.82, 2.24) is 5.32 Å². The smallest absolute Gasteiger partial charge is 0.157 e. The molecule has 0 amide bonds. The highest BCUT2D eigenvalue weighted by molar-refractivity contribution is 5.89. The van der Waals surface area contributed by atoms with Gasteiger partial charge in [0.1, 0.15) is 0 Å². The van der Waals surface area contributed by atoms with Crippen molar-refractivity contribution in [2.24, 2.45) is 0 Å². The third-order valence-corrected chi connectivity index (χ3v) is 1.47. The summed E-state index contributed by atoms with van der Waals surface area (Å²) in [4.78, 5) is 10.7. The van der Waals surface area contributed by atoms with Gasteiger partial charge >= 0.3 is 0 Å². The normalized spacial score (nSPS) is 27.2. The standard InChI is InChI=1S/C7H11NO/c1-6-2-3-7(9)4-5-8-6/h4-6,8H,2-3H2,1H3. The molecular formula is C7H11NO. The Morgan fingerprint density at radius 2 is 2.56 bits per heavy atom. The molecule has 1 unspecified atom stereocenters. The minimum atomic E-state index is 0.229. The van der Waals surface area contributed by atoms with Gasteiger partial charge in [0.25, 0.3) is 0 Å². The van der Waals surface area contributed by atoms with Gasteiger partial charge < -0.3 is 5.32 Å². The van der Waals surface area contributed by atoms with E-state index in [2.05, 4.69) is 12.2 Å². The fraction of sp³-hybridized carbons (Fsp3) is 0.571. The van der Waals surface area contributed by atoms with E-state index in [9.17, 15) is 4.79 Å². The van der Waals surface area contributed by atoms with Crippen LogP contribution in [-0.2, 0) is 4.79 Å². The van der Waals surface area contributed by atoms with Crippen LogP contribution in [0.3, 0.4) is 0 Å². The summed E-state index contributed by atoms with van der Waals surface area (Å²) in [6.07, 6.45) is 4.97. The Morgan fingerprint density at radius 3 is 3.33 bits per heavy atom. The van der Waals surface area contributed by atoms with Crippen LogP contribution in [0, 0.1) is 0 Å². The van der Waals surface area contributed by atoms with Crippen LogP contribution >= 0.6 is 0 Å². The fourth-order valence-electron chi connectivity index (χ4n) is 0.831. The quantitative estimate of drug-likeness (QED) is 0.519. The van der Waals surface area contributed by atoms with Crippen LogP contribution in [0.2, 0.25) is 0 Å². The molecule has 0 bridgehead atoms. The molecule has 2 nitrogen and oxygen atoms in total. The molecule has 1 atom stereocenters. The molecule has 0 radical (unpaired) electrons. The molecule has 0 aromatic rings. The number of hydrogen-bond acceptors (Lipinski definition) is 2. The second kappa shape index (κ2) is 2.67. The average molecular weight is 125 g/mol. The molecule has 0 fully saturated rings. The van der Waals surface area contributed by atoms with E-state index < -0.39 is 0 Å². The molecule has 50 valence electrons. The van der Waals surface area contributed by atoms with Crippen molar-refractivity contribution >= 4 is 5.78 Å². The molecule has 0 saturated carbocycles. The average Bonchev–Trinajstić information content (AvgIpc) is 1.97. The van der Waals surface area contributed by atoms with Gasteiger partial charge in [0, 0.05) is 18.7 Å². The van der Waals surface area contributed by atoms with Crippen LogP contribution in [0.15, 0.2) is 12.3 Å². The van der Waals surface area contributed by atoms with E-state index in [0.29, 0.717) is 12.5 Å². The van der Waals surface area contributed by atoms with Gasteiger partial charge in [-0.25, -0.2) is 0 Å². The molecule has 1 heterocycles. The van der Waals surface area contributed by atoms with Gasteiger partial charge in [-0.15, -0.1) is 0 Å². The summed E-state index contributed by atoms with van der Waals surface area (Å²) in [6.45, 7) is 2.07. The second-order valence-electron chi connectivity index (χ2n) is 2.41. The maximum absolute atomic E-state index is 10.7. The van der Waals surface area contributed by atoms with E-state index in [0.717, 1.165) is 6.42 Å². The predicted octanol–water partition coefficient (Wildman–Crippen LogP) is 0.841. The minimum absolute atomic E-state index is 0.229. The highest BCUT2D eigenvalue weighted by Crippen LogP contribution is 2.01. The van der Waals surface area contributed by atoms with Crippen molar-refractivity contribution in [3.63, 3.8) is 0 Å². The van der Waals surface area contributed by atoms with Crippen LogP contribution in [0.4, 0.5) is 0 Å². The van der Waals surface area contributed by atoms with Gasteiger partial charge in [-0.2, -0.15) is 0 Å². The molecule has 9 heavy (non-hydrogen) atoms. The Kier molecular flexibility index (Phi) is 1.88. The number of carbonyl (C=O) groups is 1. The van der Waals surface area contributed by atoms with E-state index in [1.807, 2.05) is 0 Å². The van der Waals surface area contributed by atoms with E-state index >= 15 is 0 Å². The largest absolute Gasteiger partial charge is 0.388 e. The first-order chi connectivity index (χ1) is 4.29. The third-order valence-electron chi connectivity index (χ3n) is 1.47. The molecule has 0 spiro atoms. The Labute approximate surface area is 54.9 Å². The topological polar surface area (TPSA) is 29.1 Å². The first-order valence-corrected chi connectivity index (χ1v) is 3.24. The van der Waals surface area contributed by atoms with Crippen molar-refractivity contribution in [3.05, 3.63) is 12.3 Å². The Hall–Kier alpha value is -0.790. The molecule has 2 heteroatoms. The molecule has 0 saturated heterocycles. The zero-order chi connectivity index (χ0) is 6.69. The Balaban J connectivity index is 2.48. The van der Waals surface area contributed by atoms with Gasteiger partial charge in [0.05, 0.1) is 0 Å². The van der Waals surface area contributed by atoms with Gasteiger partial charge in [0.15, 0.2) is 5.78 Å². The summed E-state index contributed by atoms with van der Waals surface area (Å²) in [5.41, 5.74) is 0. The van der Waals surface area contributed by atoms with E-state index in [1.165, 1.54) is 0 Å². The molecular weight excluding hydrogens is 114 g/mol. The molecule has 0 aromatic heterocycles. The number of rotatable bonds is 0. The van der Waals surface area contributed by atoms with Crippen molar-refractivity contribution in [1.29, 1.82) is 0 Å². The van der Waals surface area contributed by atoms with Gasteiger partial charge in [-0.05, 0) is 19.4 Å². The summed E-state index contributed by atoms with van der Waals surface area (Å²) in [6, 6.07) is 0.452. The maximum Gasteiger partial charge on any atom is 0.157 e. The van der Waals surface area contributed by atoms with Crippen LogP contribution in [0.25, 0.3) is 0 Å². The van der Waals surface area contributed by atoms with E-state index in [4.69, 9.17) is 0 Å². The summed E-state index contributed by atoms with van der Waals surface area (Å²) >= 11 is 0. The lowest BCUT2D eigenvalue weighted by atomic mass is 10.1. The fourth-order valence-corrected chi connectivity index (χ4v) is 0.831. The lowest BCUT2D eigenvalue weighted by Gasteiger charge is -2.05. The van der Waals surface area contributed by atoms with Crippen molar-refractivity contribution in [3.8, 4) is 0 Å². The summed E-state index contributed by atoms with van der Waals surface area (Å²) in [5, 5.41) is 3.07. The molecule has 1 rings (SSSR count). The first-order valence-electron chi connectivity index (χ1n) is 3.24. The second-order valence-corrected chi connectivity index (χ2v) is 2.41. The first kappa shape index (κ1) is 6.33. The maximum atomic E-state index is 10.7. The van der Waals surface area contributed by atoms with E-state index in [1.54, 1.807) is 12.3 Å². The molecule has 1 aliphatic rings. The highest BCUT2D eigenvalue weighted by Gasteiger charge is 2.05. The minimum Gasteiger partial charge on any atom is -0.388 e. The monoisotopic (exact) mass is 125 g/mol. The third kappa shape index (κ3) is 1.88.